The first-order chi connectivity index (χ1) is 9.80. The Morgan fingerprint density at radius 3 is 2.85 bits per heavy atom. The fourth-order valence-electron chi connectivity index (χ4n) is 1.79. The number of aromatic nitrogens is 2. The summed E-state index contributed by atoms with van der Waals surface area (Å²) in [4.78, 5) is 15.2. The molecule has 0 radical (unpaired) electrons. The van der Waals surface area contributed by atoms with Crippen molar-refractivity contribution in [2.45, 2.75) is 20.0 Å². The van der Waals surface area contributed by atoms with E-state index in [1.807, 2.05) is 6.92 Å². The van der Waals surface area contributed by atoms with Gasteiger partial charge in [-0.15, -0.1) is 0 Å². The second-order valence-corrected chi connectivity index (χ2v) is 4.11. The van der Waals surface area contributed by atoms with Crippen molar-refractivity contribution >= 4 is 6.29 Å². The summed E-state index contributed by atoms with van der Waals surface area (Å²) in [5.41, 5.74) is 0.383. The number of aryl methyl sites for hydroxylation is 1. The van der Waals surface area contributed by atoms with Crippen LogP contribution in [0.3, 0.4) is 0 Å². The van der Waals surface area contributed by atoms with Gasteiger partial charge in [0.2, 0.25) is 18.5 Å². The molecule has 20 heavy (non-hydrogen) atoms. The van der Waals surface area contributed by atoms with E-state index in [1.165, 1.54) is 0 Å². The molecule has 1 aliphatic heterocycles. The highest BCUT2D eigenvalue weighted by atomic mass is 16.7. The molecule has 0 unspecified atom stereocenters. The lowest BCUT2D eigenvalue weighted by Gasteiger charge is -2.07. The second kappa shape index (κ2) is 5.20. The molecule has 104 valence electrons. The summed E-state index contributed by atoms with van der Waals surface area (Å²) in [5, 5.41) is 3.77. The van der Waals surface area contributed by atoms with Crippen LogP contribution in [0.15, 0.2) is 16.7 Å². The molecule has 1 aromatic heterocycles. The summed E-state index contributed by atoms with van der Waals surface area (Å²) in [6, 6.07) is 3.20. The standard InChI is InChI=1S/C13H12N2O5/c1-2-13-14-12(15-20-13)6-17-9-4-11-10(18-7-19-11)3-8(9)5-16/h3-5H,2,6-7H2,1H3. The summed E-state index contributed by atoms with van der Waals surface area (Å²) in [5.74, 6) is 2.45. The molecule has 1 aliphatic rings. The zero-order valence-electron chi connectivity index (χ0n) is 10.8. The summed E-state index contributed by atoms with van der Waals surface area (Å²) < 4.78 is 21.0. The van der Waals surface area contributed by atoms with Crippen LogP contribution in [0.4, 0.5) is 0 Å². The van der Waals surface area contributed by atoms with E-state index in [9.17, 15) is 4.79 Å². The summed E-state index contributed by atoms with van der Waals surface area (Å²) in [7, 11) is 0. The Morgan fingerprint density at radius 2 is 2.15 bits per heavy atom. The monoisotopic (exact) mass is 276 g/mol. The van der Waals surface area contributed by atoms with E-state index < -0.39 is 0 Å². The summed E-state index contributed by atoms with van der Waals surface area (Å²) >= 11 is 0. The van der Waals surface area contributed by atoms with Crippen molar-refractivity contribution in [2.24, 2.45) is 0 Å². The lowest BCUT2D eigenvalue weighted by atomic mass is 10.2. The van der Waals surface area contributed by atoms with Crippen LogP contribution in [-0.2, 0) is 13.0 Å². The van der Waals surface area contributed by atoms with E-state index in [1.54, 1.807) is 12.1 Å². The fraction of sp³-hybridized carbons (Fsp3) is 0.308. The first-order valence-corrected chi connectivity index (χ1v) is 6.13. The first kappa shape index (κ1) is 12.5. The van der Waals surface area contributed by atoms with Crippen LogP contribution < -0.4 is 14.2 Å². The Hall–Kier alpha value is -2.57. The maximum Gasteiger partial charge on any atom is 0.231 e. The normalized spacial score (nSPS) is 12.4. The van der Waals surface area contributed by atoms with E-state index in [0.717, 1.165) is 0 Å². The van der Waals surface area contributed by atoms with Gasteiger partial charge in [-0.1, -0.05) is 12.1 Å². The third kappa shape index (κ3) is 2.29. The number of nitrogens with zero attached hydrogens (tertiary/aromatic N) is 2. The van der Waals surface area contributed by atoms with Gasteiger partial charge in [0.25, 0.3) is 0 Å². The fourth-order valence-corrected chi connectivity index (χ4v) is 1.79. The largest absolute Gasteiger partial charge is 0.485 e. The Kier molecular flexibility index (Phi) is 3.24. The minimum atomic E-state index is 0.115. The zero-order chi connectivity index (χ0) is 13.9. The average molecular weight is 276 g/mol. The topological polar surface area (TPSA) is 83.7 Å². The highest BCUT2D eigenvalue weighted by molar-refractivity contribution is 5.81. The molecule has 0 spiro atoms. The highest BCUT2D eigenvalue weighted by Crippen LogP contribution is 2.37. The minimum Gasteiger partial charge on any atom is -0.485 e. The number of hydrogen-bond donors (Lipinski definition) is 0. The van der Waals surface area contributed by atoms with Gasteiger partial charge in [0.15, 0.2) is 24.4 Å². The SMILES string of the molecule is CCc1nc(COc2cc3c(cc2C=O)OCO3)no1. The van der Waals surface area contributed by atoms with Gasteiger partial charge in [-0.2, -0.15) is 4.98 Å². The third-order valence-electron chi connectivity index (χ3n) is 2.80. The molecule has 0 fully saturated rings. The lowest BCUT2D eigenvalue weighted by Crippen LogP contribution is -2.00. The Bertz CT molecular complexity index is 638. The van der Waals surface area contributed by atoms with Gasteiger partial charge in [0.05, 0.1) is 5.56 Å². The van der Waals surface area contributed by atoms with E-state index in [2.05, 4.69) is 10.1 Å². The van der Waals surface area contributed by atoms with Crippen molar-refractivity contribution < 1.29 is 23.5 Å². The molecule has 0 N–H and O–H groups in total. The molecule has 0 saturated carbocycles. The molecule has 0 bridgehead atoms. The molecule has 2 aromatic rings. The highest BCUT2D eigenvalue weighted by Gasteiger charge is 2.18. The van der Waals surface area contributed by atoms with Gasteiger partial charge < -0.3 is 18.7 Å². The second-order valence-electron chi connectivity index (χ2n) is 4.11. The van der Waals surface area contributed by atoms with E-state index in [-0.39, 0.29) is 13.4 Å². The average Bonchev–Trinajstić information content (AvgIpc) is 3.12. The van der Waals surface area contributed by atoms with Crippen molar-refractivity contribution in [3.63, 3.8) is 0 Å². The number of ether oxygens (including phenoxy) is 3. The van der Waals surface area contributed by atoms with Crippen molar-refractivity contribution in [1.82, 2.24) is 10.1 Å². The Balaban J connectivity index is 1.78. The number of benzene rings is 1. The van der Waals surface area contributed by atoms with Gasteiger partial charge in [-0.3, -0.25) is 4.79 Å². The van der Waals surface area contributed by atoms with Gasteiger partial charge in [0, 0.05) is 12.5 Å². The van der Waals surface area contributed by atoms with Gasteiger partial charge in [-0.25, -0.2) is 0 Å². The number of aldehydes is 1. The molecule has 7 nitrogen and oxygen atoms in total. The molecule has 3 rings (SSSR count). The first-order valence-electron chi connectivity index (χ1n) is 6.13. The molecule has 7 heteroatoms. The minimum absolute atomic E-state index is 0.115. The van der Waals surface area contributed by atoms with Crippen LogP contribution in [0.1, 0.15) is 29.0 Å². The molecule has 0 amide bonds. The number of carbonyl (C=O) groups is 1. The Labute approximate surface area is 114 Å². The van der Waals surface area contributed by atoms with E-state index in [4.69, 9.17) is 18.7 Å². The van der Waals surface area contributed by atoms with Crippen LogP contribution in [-0.4, -0.2) is 23.2 Å². The maximum absolute atomic E-state index is 11.1. The van der Waals surface area contributed by atoms with Crippen LogP contribution in [0, 0.1) is 0 Å². The number of fused-ring (bicyclic) bond motifs is 1. The molecular weight excluding hydrogens is 264 g/mol. The predicted octanol–water partition coefficient (Wildman–Crippen LogP) is 1.75. The van der Waals surface area contributed by atoms with Crippen molar-refractivity contribution in [1.29, 1.82) is 0 Å². The number of carbonyl (C=O) groups excluding carboxylic acids is 1. The zero-order valence-corrected chi connectivity index (χ0v) is 10.8. The molecular formula is C13H12N2O5. The van der Waals surface area contributed by atoms with E-state index >= 15 is 0 Å². The molecule has 0 aliphatic carbocycles. The van der Waals surface area contributed by atoms with Crippen molar-refractivity contribution in [3.05, 3.63) is 29.4 Å². The van der Waals surface area contributed by atoms with Gasteiger partial charge >= 0.3 is 0 Å². The smallest absolute Gasteiger partial charge is 0.231 e. The molecule has 0 saturated heterocycles. The van der Waals surface area contributed by atoms with Crippen LogP contribution in [0.25, 0.3) is 0 Å². The van der Waals surface area contributed by atoms with Gasteiger partial charge in [0.1, 0.15) is 5.75 Å². The van der Waals surface area contributed by atoms with Crippen LogP contribution in [0.2, 0.25) is 0 Å². The third-order valence-corrected chi connectivity index (χ3v) is 2.80. The molecule has 2 heterocycles. The number of hydrogen-bond acceptors (Lipinski definition) is 7. The van der Waals surface area contributed by atoms with Gasteiger partial charge in [-0.05, 0) is 6.07 Å². The number of rotatable bonds is 5. The molecule has 0 atom stereocenters. The summed E-state index contributed by atoms with van der Waals surface area (Å²) in [6.07, 6.45) is 1.36. The lowest BCUT2D eigenvalue weighted by molar-refractivity contribution is 0.111. The van der Waals surface area contributed by atoms with Crippen molar-refractivity contribution in [2.75, 3.05) is 6.79 Å². The maximum atomic E-state index is 11.1. The summed E-state index contributed by atoms with van der Waals surface area (Å²) in [6.45, 7) is 2.17. The quantitative estimate of drug-likeness (QED) is 0.769. The van der Waals surface area contributed by atoms with Crippen molar-refractivity contribution in [3.8, 4) is 17.2 Å². The van der Waals surface area contributed by atoms with Crippen LogP contribution in [0.5, 0.6) is 17.2 Å². The van der Waals surface area contributed by atoms with Crippen LogP contribution >= 0.6 is 0 Å². The Morgan fingerprint density at radius 1 is 1.35 bits per heavy atom. The molecule has 1 aromatic carbocycles. The van der Waals surface area contributed by atoms with E-state index in [0.29, 0.717) is 47.2 Å². The predicted molar refractivity (Wildman–Crippen MR) is 66.0 cm³/mol.